The zero-order valence-corrected chi connectivity index (χ0v) is 13.9. The van der Waals surface area contributed by atoms with Gasteiger partial charge in [0.15, 0.2) is 0 Å². The van der Waals surface area contributed by atoms with E-state index in [9.17, 15) is 13.6 Å². The lowest BCUT2D eigenvalue weighted by atomic mass is 9.94. The Bertz CT molecular complexity index is 652. The van der Waals surface area contributed by atoms with Gasteiger partial charge in [-0.1, -0.05) is 23.8 Å². The molecule has 0 spiro atoms. The maximum atomic E-state index is 12.5. The summed E-state index contributed by atoms with van der Waals surface area (Å²) in [5.41, 5.74) is 2.07. The number of nitrogens with one attached hydrogen (secondary N) is 1. The highest BCUT2D eigenvalue weighted by Crippen LogP contribution is 2.29. The lowest BCUT2D eigenvalue weighted by Gasteiger charge is -2.15. The first-order chi connectivity index (χ1) is 10.9. The summed E-state index contributed by atoms with van der Waals surface area (Å²) in [5, 5.41) is 6.70. The van der Waals surface area contributed by atoms with E-state index in [4.69, 9.17) is 4.52 Å². The second kappa shape index (κ2) is 7.59. The van der Waals surface area contributed by atoms with Gasteiger partial charge < -0.3 is 9.84 Å². The first-order valence-corrected chi connectivity index (χ1v) is 8.08. The number of amides is 1. The quantitative estimate of drug-likeness (QED) is 0.772. The molecule has 124 valence electrons. The van der Waals surface area contributed by atoms with Gasteiger partial charge in [-0.3, -0.25) is 4.79 Å². The second-order valence-corrected chi connectivity index (χ2v) is 6.15. The van der Waals surface area contributed by atoms with Gasteiger partial charge in [0.25, 0.3) is 5.76 Å². The summed E-state index contributed by atoms with van der Waals surface area (Å²) < 4.78 is 29.7. The molecule has 7 heteroatoms. The molecule has 0 unspecified atom stereocenters. The molecular weight excluding hydrogens is 322 g/mol. The van der Waals surface area contributed by atoms with Crippen LogP contribution in [0.4, 0.5) is 14.5 Å². The predicted octanol–water partition coefficient (Wildman–Crippen LogP) is 4.74. The largest absolute Gasteiger partial charge is 0.361 e. The molecular formula is C16H18F2N2O2S. The Kier molecular flexibility index (Phi) is 5.76. The molecule has 2 aromatic rings. The number of benzene rings is 1. The Hall–Kier alpha value is -1.89. The lowest BCUT2D eigenvalue weighted by molar-refractivity contribution is -0.117. The zero-order chi connectivity index (χ0) is 17.0. The zero-order valence-electron chi connectivity index (χ0n) is 13.1. The van der Waals surface area contributed by atoms with E-state index in [1.165, 1.54) is 0 Å². The Balaban J connectivity index is 2.11. The molecule has 1 atom stereocenters. The van der Waals surface area contributed by atoms with Crippen LogP contribution < -0.4 is 5.32 Å². The van der Waals surface area contributed by atoms with Crippen LogP contribution in [-0.2, 0) is 4.79 Å². The third kappa shape index (κ3) is 4.31. The van der Waals surface area contributed by atoms with E-state index in [2.05, 4.69) is 10.5 Å². The van der Waals surface area contributed by atoms with Crippen molar-refractivity contribution in [3.05, 3.63) is 41.3 Å². The molecule has 2 rings (SSSR count). The molecule has 4 nitrogen and oxygen atoms in total. The summed E-state index contributed by atoms with van der Waals surface area (Å²) in [4.78, 5) is 13.0. The molecule has 1 N–H and O–H groups in total. The Morgan fingerprint density at radius 1 is 1.30 bits per heavy atom. The van der Waals surface area contributed by atoms with Crippen LogP contribution in [0.5, 0.6) is 0 Å². The standard InChI is InChI=1S/C16H18F2N2O2S/c1-4-13(14-9(2)20-22-10(14)3)15(21)19-11-5-7-12(8-6-11)23-16(17)18/h5-8,13,16H,4H2,1-3H3,(H,19,21)/t13-/m1/s1. The van der Waals surface area contributed by atoms with Gasteiger partial charge in [0, 0.05) is 16.1 Å². The average molecular weight is 340 g/mol. The number of alkyl halides is 2. The van der Waals surface area contributed by atoms with Crippen LogP contribution in [-0.4, -0.2) is 16.8 Å². The number of carbonyl (C=O) groups is 1. The van der Waals surface area contributed by atoms with Crippen molar-refractivity contribution >= 4 is 23.4 Å². The highest BCUT2D eigenvalue weighted by Gasteiger charge is 2.25. The number of anilines is 1. The van der Waals surface area contributed by atoms with Crippen LogP contribution in [0.2, 0.25) is 0 Å². The van der Waals surface area contributed by atoms with Crippen molar-refractivity contribution in [3.8, 4) is 0 Å². The van der Waals surface area contributed by atoms with Gasteiger partial charge in [-0.05, 0) is 44.5 Å². The number of hydrogen-bond donors (Lipinski definition) is 1. The number of rotatable bonds is 6. The molecule has 23 heavy (non-hydrogen) atoms. The van der Waals surface area contributed by atoms with Gasteiger partial charge in [0.1, 0.15) is 5.76 Å². The van der Waals surface area contributed by atoms with Crippen LogP contribution in [0.15, 0.2) is 33.7 Å². The molecule has 0 radical (unpaired) electrons. The van der Waals surface area contributed by atoms with Crippen LogP contribution >= 0.6 is 11.8 Å². The molecule has 1 aromatic carbocycles. The van der Waals surface area contributed by atoms with Gasteiger partial charge in [0.2, 0.25) is 5.91 Å². The first kappa shape index (κ1) is 17.5. The van der Waals surface area contributed by atoms with Crippen LogP contribution in [0.1, 0.15) is 36.3 Å². The maximum absolute atomic E-state index is 12.5. The van der Waals surface area contributed by atoms with Gasteiger partial charge in [-0.2, -0.15) is 8.78 Å². The van der Waals surface area contributed by atoms with Gasteiger partial charge in [-0.15, -0.1) is 0 Å². The Morgan fingerprint density at radius 3 is 2.43 bits per heavy atom. The highest BCUT2D eigenvalue weighted by molar-refractivity contribution is 7.99. The Morgan fingerprint density at radius 2 is 1.96 bits per heavy atom. The molecule has 0 aliphatic rings. The normalized spacial score (nSPS) is 12.4. The topological polar surface area (TPSA) is 55.1 Å². The van der Waals surface area contributed by atoms with Crippen molar-refractivity contribution in [2.24, 2.45) is 0 Å². The van der Waals surface area contributed by atoms with E-state index in [1.54, 1.807) is 38.1 Å². The van der Waals surface area contributed by atoms with E-state index in [1.807, 2.05) is 6.92 Å². The lowest BCUT2D eigenvalue weighted by Crippen LogP contribution is -2.21. The van der Waals surface area contributed by atoms with Crippen molar-refractivity contribution in [2.75, 3.05) is 5.32 Å². The molecule has 0 bridgehead atoms. The molecule has 0 fully saturated rings. The number of halogens is 2. The summed E-state index contributed by atoms with van der Waals surface area (Å²) in [6.45, 7) is 5.50. The van der Waals surface area contributed by atoms with Crippen molar-refractivity contribution in [3.63, 3.8) is 0 Å². The average Bonchev–Trinajstić information content (AvgIpc) is 2.82. The van der Waals surface area contributed by atoms with Gasteiger partial charge in [-0.25, -0.2) is 0 Å². The Labute approximate surface area is 137 Å². The highest BCUT2D eigenvalue weighted by atomic mass is 32.2. The molecule has 1 aromatic heterocycles. The molecule has 0 saturated carbocycles. The molecule has 0 saturated heterocycles. The monoisotopic (exact) mass is 340 g/mol. The summed E-state index contributed by atoms with van der Waals surface area (Å²) in [6.07, 6.45) is 0.605. The van der Waals surface area contributed by atoms with Crippen LogP contribution in [0.3, 0.4) is 0 Å². The van der Waals surface area contributed by atoms with Gasteiger partial charge >= 0.3 is 0 Å². The van der Waals surface area contributed by atoms with E-state index in [0.717, 1.165) is 5.56 Å². The molecule has 0 aliphatic carbocycles. The van der Waals surface area contributed by atoms with E-state index >= 15 is 0 Å². The number of hydrogen-bond acceptors (Lipinski definition) is 4. The smallest absolute Gasteiger partial charge is 0.288 e. The molecule has 0 aliphatic heterocycles. The van der Waals surface area contributed by atoms with E-state index in [-0.39, 0.29) is 11.8 Å². The second-order valence-electron chi connectivity index (χ2n) is 5.09. The van der Waals surface area contributed by atoms with Crippen molar-refractivity contribution in [1.29, 1.82) is 0 Å². The van der Waals surface area contributed by atoms with E-state index in [0.29, 0.717) is 40.2 Å². The summed E-state index contributed by atoms with van der Waals surface area (Å²) >= 11 is 0.472. The number of thioether (sulfide) groups is 1. The first-order valence-electron chi connectivity index (χ1n) is 7.20. The summed E-state index contributed by atoms with van der Waals surface area (Å²) in [6, 6.07) is 6.35. The number of nitrogens with zero attached hydrogens (tertiary/aromatic N) is 1. The third-order valence-corrected chi connectivity index (χ3v) is 4.23. The van der Waals surface area contributed by atoms with Crippen molar-refractivity contribution in [2.45, 2.75) is 43.8 Å². The fourth-order valence-corrected chi connectivity index (χ4v) is 2.96. The fraction of sp³-hybridized carbons (Fsp3) is 0.375. The van der Waals surface area contributed by atoms with Crippen molar-refractivity contribution < 1.29 is 18.1 Å². The minimum absolute atomic E-state index is 0.170. The molecule has 1 amide bonds. The van der Waals surface area contributed by atoms with Crippen LogP contribution in [0, 0.1) is 13.8 Å². The summed E-state index contributed by atoms with van der Waals surface area (Å²) in [5.74, 6) is -2.36. The number of carbonyl (C=O) groups excluding carboxylic acids is 1. The van der Waals surface area contributed by atoms with E-state index < -0.39 is 5.76 Å². The van der Waals surface area contributed by atoms with Crippen molar-refractivity contribution in [1.82, 2.24) is 5.16 Å². The fourth-order valence-electron chi connectivity index (χ4n) is 2.46. The minimum atomic E-state index is -2.46. The number of aryl methyl sites for hydroxylation is 2. The maximum Gasteiger partial charge on any atom is 0.288 e. The summed E-state index contributed by atoms with van der Waals surface area (Å²) in [7, 11) is 0. The SMILES string of the molecule is CC[C@@H](C(=O)Nc1ccc(SC(F)F)cc1)c1c(C)noc1C. The third-order valence-electron chi connectivity index (χ3n) is 3.51. The number of aromatic nitrogens is 1. The minimum Gasteiger partial charge on any atom is -0.361 e. The van der Waals surface area contributed by atoms with Gasteiger partial charge in [0.05, 0.1) is 11.6 Å². The van der Waals surface area contributed by atoms with Crippen LogP contribution in [0.25, 0.3) is 0 Å². The predicted molar refractivity (Wildman–Crippen MR) is 85.9 cm³/mol. The molecule has 1 heterocycles.